The molecule has 0 spiro atoms. The first-order chi connectivity index (χ1) is 27.5. The molecule has 0 bridgehead atoms. The van der Waals surface area contributed by atoms with E-state index >= 15 is 0 Å². The third kappa shape index (κ3) is 3.87. The van der Waals surface area contributed by atoms with Gasteiger partial charge in [0.15, 0.2) is 0 Å². The molecular weight excluding hydrogens is 677 g/mol. The van der Waals surface area contributed by atoms with E-state index in [-0.39, 0.29) is 18.2 Å². The van der Waals surface area contributed by atoms with E-state index in [2.05, 4.69) is 182 Å². The Hall–Kier alpha value is -6.58. The van der Waals surface area contributed by atoms with Crippen LogP contribution in [0.2, 0.25) is 0 Å². The van der Waals surface area contributed by atoms with Crippen molar-refractivity contribution < 1.29 is 4.42 Å². The molecule has 0 amide bonds. The van der Waals surface area contributed by atoms with Gasteiger partial charge in [-0.3, -0.25) is 0 Å². The van der Waals surface area contributed by atoms with Crippen LogP contribution in [0.25, 0.3) is 66.1 Å². The predicted molar refractivity (Wildman–Crippen MR) is 235 cm³/mol. The molecule has 13 rings (SSSR count). The van der Waals surface area contributed by atoms with E-state index < -0.39 is 0 Å². The summed E-state index contributed by atoms with van der Waals surface area (Å²) in [6.45, 7) is 4.82. The van der Waals surface area contributed by atoms with E-state index in [1.54, 1.807) is 0 Å². The van der Waals surface area contributed by atoms with Crippen molar-refractivity contribution in [2.75, 3.05) is 4.81 Å². The molecule has 8 aromatic carbocycles. The van der Waals surface area contributed by atoms with Gasteiger partial charge >= 0.3 is 6.85 Å². The number of nitrogens with zero attached hydrogens (tertiary/aromatic N) is 1. The van der Waals surface area contributed by atoms with Crippen LogP contribution in [0, 0.1) is 0 Å². The van der Waals surface area contributed by atoms with Crippen molar-refractivity contribution in [3.05, 3.63) is 192 Å². The zero-order valence-electron chi connectivity index (χ0n) is 31.3. The predicted octanol–water partition coefficient (Wildman–Crippen LogP) is 12.4. The summed E-state index contributed by atoms with van der Waals surface area (Å²) in [4.78, 5) is 2.65. The van der Waals surface area contributed by atoms with Gasteiger partial charge in [0.2, 0.25) is 0 Å². The summed E-state index contributed by atoms with van der Waals surface area (Å²) in [7, 11) is 0. The van der Waals surface area contributed by atoms with E-state index in [0.29, 0.717) is 0 Å². The molecule has 1 aromatic heterocycles. The van der Waals surface area contributed by atoms with Crippen molar-refractivity contribution in [2.45, 2.75) is 31.6 Å². The highest BCUT2D eigenvalue weighted by Crippen LogP contribution is 2.60. The fourth-order valence-corrected chi connectivity index (χ4v) is 11.3. The fraction of sp³-hybridized carbons (Fsp3) is 0.0943. The number of para-hydroxylation sites is 1. The van der Waals surface area contributed by atoms with Crippen LogP contribution in [0.4, 0.5) is 11.4 Å². The Morgan fingerprint density at radius 1 is 0.589 bits per heavy atom. The van der Waals surface area contributed by atoms with Gasteiger partial charge in [-0.15, -0.1) is 0 Å². The van der Waals surface area contributed by atoms with Crippen molar-refractivity contribution in [3.8, 4) is 22.3 Å². The van der Waals surface area contributed by atoms with E-state index in [1.807, 2.05) is 0 Å². The SMILES string of the molecule is CC1(C)C2=C(CC3c4c(cccc42)B2c4c(cc5c(oc6ccccc65)c43)-c3cc4ccccc4cc3N2c2ccc(-c3ccccc3)cc2)c2ccccc21. The van der Waals surface area contributed by atoms with Gasteiger partial charge in [0, 0.05) is 44.6 Å². The second-order valence-electron chi connectivity index (χ2n) is 16.7. The maximum Gasteiger partial charge on any atom is 0.329 e. The van der Waals surface area contributed by atoms with Crippen LogP contribution in [0.3, 0.4) is 0 Å². The van der Waals surface area contributed by atoms with Crippen molar-refractivity contribution >= 4 is 73.0 Å². The van der Waals surface area contributed by atoms with Crippen LogP contribution in [0.5, 0.6) is 0 Å². The summed E-state index contributed by atoms with van der Waals surface area (Å²) >= 11 is 0. The molecule has 262 valence electrons. The van der Waals surface area contributed by atoms with Crippen LogP contribution in [0.1, 0.15) is 54.0 Å². The van der Waals surface area contributed by atoms with Crippen molar-refractivity contribution in [1.29, 1.82) is 0 Å². The van der Waals surface area contributed by atoms with Gasteiger partial charge in [-0.2, -0.15) is 0 Å². The molecule has 1 unspecified atom stereocenters. The lowest BCUT2D eigenvalue weighted by molar-refractivity contribution is 0.656. The molecule has 0 N–H and O–H groups in total. The van der Waals surface area contributed by atoms with Crippen LogP contribution in [-0.2, 0) is 5.41 Å². The van der Waals surface area contributed by atoms with Gasteiger partial charge < -0.3 is 9.23 Å². The molecule has 4 aliphatic rings. The summed E-state index contributed by atoms with van der Waals surface area (Å²) in [5, 5.41) is 4.90. The summed E-state index contributed by atoms with van der Waals surface area (Å²) < 4.78 is 7.08. The van der Waals surface area contributed by atoms with Gasteiger partial charge in [0.05, 0.1) is 0 Å². The van der Waals surface area contributed by atoms with Crippen LogP contribution >= 0.6 is 0 Å². The van der Waals surface area contributed by atoms with Gasteiger partial charge in [-0.1, -0.05) is 141 Å². The number of rotatable bonds is 2. The minimum atomic E-state index is -0.103. The molecule has 2 aliphatic heterocycles. The average Bonchev–Trinajstić information content (AvgIpc) is 3.73. The summed E-state index contributed by atoms with van der Waals surface area (Å²) in [5.41, 5.74) is 22.2. The van der Waals surface area contributed by atoms with Crippen LogP contribution in [-0.4, -0.2) is 6.85 Å². The van der Waals surface area contributed by atoms with Crippen molar-refractivity contribution in [2.24, 2.45) is 0 Å². The zero-order chi connectivity index (χ0) is 36.9. The molecule has 9 aromatic rings. The molecule has 0 saturated carbocycles. The molecule has 2 nitrogen and oxygen atoms in total. The van der Waals surface area contributed by atoms with Gasteiger partial charge in [-0.25, -0.2) is 0 Å². The molecule has 1 atom stereocenters. The van der Waals surface area contributed by atoms with Crippen LogP contribution < -0.4 is 15.7 Å². The number of benzene rings is 8. The first-order valence-corrected chi connectivity index (χ1v) is 20.0. The fourth-order valence-electron chi connectivity index (χ4n) is 11.3. The second-order valence-corrected chi connectivity index (χ2v) is 16.7. The molecule has 56 heavy (non-hydrogen) atoms. The third-order valence-electron chi connectivity index (χ3n) is 13.6. The van der Waals surface area contributed by atoms with E-state index in [4.69, 9.17) is 4.42 Å². The van der Waals surface area contributed by atoms with Crippen molar-refractivity contribution in [3.63, 3.8) is 0 Å². The summed E-state index contributed by atoms with van der Waals surface area (Å²) in [6, 6.07) is 61.1. The molecule has 0 saturated heterocycles. The Kier molecular flexibility index (Phi) is 5.92. The lowest BCUT2D eigenvalue weighted by Gasteiger charge is -2.46. The monoisotopic (exact) mass is 713 g/mol. The van der Waals surface area contributed by atoms with E-state index in [9.17, 15) is 0 Å². The highest BCUT2D eigenvalue weighted by Gasteiger charge is 2.51. The Morgan fingerprint density at radius 3 is 2.16 bits per heavy atom. The van der Waals surface area contributed by atoms with Gasteiger partial charge in [-0.05, 0) is 115 Å². The number of fused-ring (bicyclic) bond motifs is 12. The maximum atomic E-state index is 7.08. The number of anilines is 2. The smallest absolute Gasteiger partial charge is 0.329 e. The number of hydrogen-bond acceptors (Lipinski definition) is 2. The molecule has 3 heteroatoms. The second kappa shape index (κ2) is 10.8. The quantitative estimate of drug-likeness (QED) is 0.166. The third-order valence-corrected chi connectivity index (χ3v) is 13.6. The van der Waals surface area contributed by atoms with E-state index in [0.717, 1.165) is 17.6 Å². The Labute approximate surface area is 326 Å². The van der Waals surface area contributed by atoms with Crippen molar-refractivity contribution in [1.82, 2.24) is 0 Å². The topological polar surface area (TPSA) is 16.4 Å². The lowest BCUT2D eigenvalue weighted by Crippen LogP contribution is -2.62. The first-order valence-electron chi connectivity index (χ1n) is 20.0. The number of hydrogen-bond donors (Lipinski definition) is 0. The van der Waals surface area contributed by atoms with Gasteiger partial charge in [0.1, 0.15) is 11.2 Å². The highest BCUT2D eigenvalue weighted by atomic mass is 16.3. The highest BCUT2D eigenvalue weighted by molar-refractivity contribution is 6.92. The van der Waals surface area contributed by atoms with Gasteiger partial charge in [0.25, 0.3) is 0 Å². The van der Waals surface area contributed by atoms with E-state index in [1.165, 1.54) is 105 Å². The molecule has 0 radical (unpaired) electrons. The molecule has 2 aliphatic carbocycles. The Balaban J connectivity index is 1.16. The molecule has 3 heterocycles. The largest absolute Gasteiger partial charge is 0.456 e. The standard InChI is InChI=1S/C53H36BNO/c1-53(2)44-20-10-8-17-36(44)40-29-43-48-38(50(40)53)19-12-21-45(48)54-51-41(30-42-37-18-9-11-22-47(37)56-52(42)49(43)51)39-27-33-15-6-7-16-34(33)28-46(39)55(54)35-25-23-32(24-26-35)31-13-4-3-5-14-31/h3-28,30,43H,29H2,1-2H3. The minimum Gasteiger partial charge on any atom is -0.456 e. The Bertz CT molecular complexity index is 3200. The first kappa shape index (κ1) is 30.7. The average molecular weight is 714 g/mol. The molecule has 0 fully saturated rings. The minimum absolute atomic E-state index is 0.0471. The lowest BCUT2D eigenvalue weighted by atomic mass is 9.39. The summed E-state index contributed by atoms with van der Waals surface area (Å²) in [5.74, 6) is 0.153. The molecular formula is C53H36BNO. The normalized spacial score (nSPS) is 16.9. The zero-order valence-corrected chi connectivity index (χ0v) is 31.3. The summed E-state index contributed by atoms with van der Waals surface area (Å²) in [6.07, 6.45) is 0.950. The number of furan rings is 1. The van der Waals surface area contributed by atoms with Crippen LogP contribution in [0.15, 0.2) is 168 Å². The Morgan fingerprint density at radius 2 is 1.30 bits per heavy atom. The number of allylic oxidation sites excluding steroid dienone is 2. The maximum absolute atomic E-state index is 7.08.